The third kappa shape index (κ3) is 2.24. The summed E-state index contributed by atoms with van der Waals surface area (Å²) in [5.41, 5.74) is 0.524. The number of furan rings is 1. The molecule has 0 radical (unpaired) electrons. The minimum atomic E-state index is -0.803. The monoisotopic (exact) mass is 223 g/mol. The molecule has 1 saturated heterocycles. The van der Waals surface area contributed by atoms with Gasteiger partial charge in [0.15, 0.2) is 0 Å². The quantitative estimate of drug-likeness (QED) is 0.836. The van der Waals surface area contributed by atoms with E-state index >= 15 is 0 Å². The molecule has 5 nitrogen and oxygen atoms in total. The Kier molecular flexibility index (Phi) is 2.94. The number of nitrogens with zero attached hydrogens (tertiary/aromatic N) is 1. The zero-order valence-electron chi connectivity index (χ0n) is 8.76. The standard InChI is InChI=1S/C11H13NO4/c13-10(14)5-8-1-3-12(6-8)11(15)9-2-4-16-7-9/h2,4,7-8H,1,3,5-6H2,(H,13,14). The molecule has 0 bridgehead atoms. The van der Waals surface area contributed by atoms with Crippen LogP contribution in [-0.4, -0.2) is 35.0 Å². The molecular weight excluding hydrogens is 210 g/mol. The second-order valence-corrected chi connectivity index (χ2v) is 4.02. The molecule has 1 N–H and O–H groups in total. The van der Waals surface area contributed by atoms with Gasteiger partial charge < -0.3 is 14.4 Å². The lowest BCUT2D eigenvalue weighted by atomic mass is 10.1. The second kappa shape index (κ2) is 4.38. The minimum absolute atomic E-state index is 0.0772. The molecule has 5 heteroatoms. The van der Waals surface area contributed by atoms with Crippen LogP contribution in [0.5, 0.6) is 0 Å². The van der Waals surface area contributed by atoms with Gasteiger partial charge in [-0.3, -0.25) is 9.59 Å². The van der Waals surface area contributed by atoms with Gasteiger partial charge in [-0.25, -0.2) is 0 Å². The fraction of sp³-hybridized carbons (Fsp3) is 0.455. The highest BCUT2D eigenvalue weighted by atomic mass is 16.4. The van der Waals surface area contributed by atoms with E-state index in [2.05, 4.69) is 0 Å². The number of likely N-dealkylation sites (tertiary alicyclic amines) is 1. The van der Waals surface area contributed by atoms with Crippen molar-refractivity contribution in [1.29, 1.82) is 0 Å². The van der Waals surface area contributed by atoms with Crippen molar-refractivity contribution in [3.05, 3.63) is 24.2 Å². The Morgan fingerprint density at radius 3 is 3.00 bits per heavy atom. The predicted molar refractivity (Wildman–Crippen MR) is 55.0 cm³/mol. The zero-order valence-corrected chi connectivity index (χ0v) is 8.76. The van der Waals surface area contributed by atoms with Gasteiger partial charge in [0.1, 0.15) is 6.26 Å². The fourth-order valence-corrected chi connectivity index (χ4v) is 2.00. The summed E-state index contributed by atoms with van der Waals surface area (Å²) in [6.07, 6.45) is 3.76. The van der Waals surface area contributed by atoms with Gasteiger partial charge in [-0.1, -0.05) is 0 Å². The van der Waals surface area contributed by atoms with Crippen molar-refractivity contribution in [3.63, 3.8) is 0 Å². The van der Waals surface area contributed by atoms with Gasteiger partial charge >= 0.3 is 5.97 Å². The summed E-state index contributed by atoms with van der Waals surface area (Å²) in [4.78, 5) is 24.1. The van der Waals surface area contributed by atoms with Crippen molar-refractivity contribution in [2.75, 3.05) is 13.1 Å². The largest absolute Gasteiger partial charge is 0.481 e. The van der Waals surface area contributed by atoms with Crippen molar-refractivity contribution >= 4 is 11.9 Å². The van der Waals surface area contributed by atoms with E-state index in [4.69, 9.17) is 9.52 Å². The van der Waals surface area contributed by atoms with E-state index in [1.807, 2.05) is 0 Å². The van der Waals surface area contributed by atoms with Crippen LogP contribution in [0.1, 0.15) is 23.2 Å². The highest BCUT2D eigenvalue weighted by Gasteiger charge is 2.28. The molecule has 1 aromatic heterocycles. The summed E-state index contributed by atoms with van der Waals surface area (Å²) in [6, 6.07) is 1.62. The highest BCUT2D eigenvalue weighted by Crippen LogP contribution is 2.21. The summed E-state index contributed by atoms with van der Waals surface area (Å²) in [7, 11) is 0. The average molecular weight is 223 g/mol. The number of carboxylic acids is 1. The Morgan fingerprint density at radius 1 is 1.56 bits per heavy atom. The average Bonchev–Trinajstić information content (AvgIpc) is 2.84. The van der Waals surface area contributed by atoms with E-state index in [0.717, 1.165) is 6.42 Å². The molecule has 1 amide bonds. The summed E-state index contributed by atoms with van der Waals surface area (Å²) >= 11 is 0. The van der Waals surface area contributed by atoms with Crippen LogP contribution >= 0.6 is 0 Å². The SMILES string of the molecule is O=C(O)CC1CCN(C(=O)c2ccoc2)C1. The first-order valence-corrected chi connectivity index (χ1v) is 5.20. The zero-order chi connectivity index (χ0) is 11.5. The molecular formula is C11H13NO4. The van der Waals surface area contributed by atoms with Crippen LogP contribution in [0.2, 0.25) is 0 Å². The lowest BCUT2D eigenvalue weighted by molar-refractivity contribution is -0.138. The molecule has 0 spiro atoms. The summed E-state index contributed by atoms with van der Waals surface area (Å²) in [6.45, 7) is 1.15. The van der Waals surface area contributed by atoms with Gasteiger partial charge in [0.25, 0.3) is 5.91 Å². The van der Waals surface area contributed by atoms with E-state index in [0.29, 0.717) is 18.7 Å². The number of hydrogen-bond donors (Lipinski definition) is 1. The molecule has 16 heavy (non-hydrogen) atoms. The molecule has 0 aromatic carbocycles. The van der Waals surface area contributed by atoms with E-state index in [1.54, 1.807) is 11.0 Å². The van der Waals surface area contributed by atoms with Gasteiger partial charge in [-0.15, -0.1) is 0 Å². The molecule has 0 aliphatic carbocycles. The molecule has 0 saturated carbocycles. The van der Waals surface area contributed by atoms with Crippen molar-refractivity contribution in [3.8, 4) is 0 Å². The minimum Gasteiger partial charge on any atom is -0.481 e. The number of hydrogen-bond acceptors (Lipinski definition) is 3. The smallest absolute Gasteiger partial charge is 0.303 e. The van der Waals surface area contributed by atoms with Crippen LogP contribution in [0.4, 0.5) is 0 Å². The molecule has 2 rings (SSSR count). The van der Waals surface area contributed by atoms with E-state index in [1.165, 1.54) is 12.5 Å². The van der Waals surface area contributed by atoms with Crippen LogP contribution in [0.25, 0.3) is 0 Å². The number of carboxylic acid groups (broad SMARTS) is 1. The highest BCUT2D eigenvalue weighted by molar-refractivity contribution is 5.94. The lowest BCUT2D eigenvalue weighted by Crippen LogP contribution is -2.28. The maximum atomic E-state index is 11.9. The van der Waals surface area contributed by atoms with Gasteiger partial charge in [0, 0.05) is 19.5 Å². The molecule has 1 atom stereocenters. The molecule has 2 heterocycles. The van der Waals surface area contributed by atoms with Crippen molar-refractivity contribution in [2.24, 2.45) is 5.92 Å². The number of rotatable bonds is 3. The lowest BCUT2D eigenvalue weighted by Gasteiger charge is -2.14. The summed E-state index contributed by atoms with van der Waals surface area (Å²) < 4.78 is 4.84. The first-order chi connectivity index (χ1) is 7.66. The number of aliphatic carboxylic acids is 1. The van der Waals surface area contributed by atoms with Crippen LogP contribution in [0, 0.1) is 5.92 Å². The molecule has 1 aromatic rings. The van der Waals surface area contributed by atoms with E-state index in [9.17, 15) is 9.59 Å². The maximum Gasteiger partial charge on any atom is 0.303 e. The van der Waals surface area contributed by atoms with E-state index in [-0.39, 0.29) is 18.2 Å². The van der Waals surface area contributed by atoms with Crippen LogP contribution in [-0.2, 0) is 4.79 Å². The molecule has 1 fully saturated rings. The Labute approximate surface area is 92.7 Å². The van der Waals surface area contributed by atoms with Gasteiger partial charge in [-0.2, -0.15) is 0 Å². The molecule has 1 aliphatic heterocycles. The summed E-state index contributed by atoms with van der Waals surface area (Å²) in [5.74, 6) is -0.808. The maximum absolute atomic E-state index is 11.9. The first kappa shape index (κ1) is 10.7. The molecule has 86 valence electrons. The third-order valence-corrected chi connectivity index (χ3v) is 2.80. The van der Waals surface area contributed by atoms with Crippen molar-refractivity contribution < 1.29 is 19.1 Å². The van der Waals surface area contributed by atoms with Crippen LogP contribution < -0.4 is 0 Å². The fourth-order valence-electron chi connectivity index (χ4n) is 2.00. The Bertz CT molecular complexity index is 385. The van der Waals surface area contributed by atoms with Crippen LogP contribution in [0.15, 0.2) is 23.0 Å². The van der Waals surface area contributed by atoms with Crippen molar-refractivity contribution in [1.82, 2.24) is 4.90 Å². The molecule has 1 aliphatic rings. The number of carbonyl (C=O) groups excluding carboxylic acids is 1. The predicted octanol–water partition coefficient (Wildman–Crippen LogP) is 1.22. The Hall–Kier alpha value is -1.78. The number of carbonyl (C=O) groups is 2. The normalized spacial score (nSPS) is 20.0. The van der Waals surface area contributed by atoms with Crippen molar-refractivity contribution in [2.45, 2.75) is 12.8 Å². The Morgan fingerprint density at radius 2 is 2.38 bits per heavy atom. The third-order valence-electron chi connectivity index (χ3n) is 2.80. The Balaban J connectivity index is 1.94. The summed E-state index contributed by atoms with van der Waals surface area (Å²) in [5, 5.41) is 8.66. The topological polar surface area (TPSA) is 70.8 Å². The number of amides is 1. The van der Waals surface area contributed by atoms with Gasteiger partial charge in [-0.05, 0) is 18.4 Å². The second-order valence-electron chi connectivity index (χ2n) is 4.02. The van der Waals surface area contributed by atoms with Gasteiger partial charge in [0.05, 0.1) is 11.8 Å². The molecule has 1 unspecified atom stereocenters. The van der Waals surface area contributed by atoms with Gasteiger partial charge in [0.2, 0.25) is 0 Å². The van der Waals surface area contributed by atoms with E-state index < -0.39 is 5.97 Å². The first-order valence-electron chi connectivity index (χ1n) is 5.20. The van der Waals surface area contributed by atoms with Crippen LogP contribution in [0.3, 0.4) is 0 Å².